The highest BCUT2D eigenvalue weighted by molar-refractivity contribution is 5.76. The maximum Gasteiger partial charge on any atom is 0.222 e. The zero-order chi connectivity index (χ0) is 19.1. The number of amides is 1. The fourth-order valence-corrected chi connectivity index (χ4v) is 3.26. The Morgan fingerprint density at radius 1 is 1.33 bits per heavy atom. The van der Waals surface area contributed by atoms with E-state index in [2.05, 4.69) is 14.9 Å². The molecular formula is C20H27N5O2. The molecule has 1 atom stereocenters. The van der Waals surface area contributed by atoms with E-state index < -0.39 is 0 Å². The zero-order valence-electron chi connectivity index (χ0n) is 15.8. The maximum atomic E-state index is 12.4. The third-order valence-electron chi connectivity index (χ3n) is 4.80. The van der Waals surface area contributed by atoms with Crippen LogP contribution in [0.1, 0.15) is 25.1 Å². The monoisotopic (exact) mass is 369 g/mol. The Labute approximate surface area is 160 Å². The minimum Gasteiger partial charge on any atom is -0.494 e. The van der Waals surface area contributed by atoms with Crippen LogP contribution in [0.3, 0.4) is 0 Å². The van der Waals surface area contributed by atoms with Crippen molar-refractivity contribution >= 4 is 11.7 Å². The number of hydrogen-bond donors (Lipinski definition) is 1. The van der Waals surface area contributed by atoms with Crippen molar-refractivity contribution in [1.29, 1.82) is 0 Å². The van der Waals surface area contributed by atoms with Crippen LogP contribution in [0.4, 0.5) is 5.82 Å². The summed E-state index contributed by atoms with van der Waals surface area (Å²) >= 11 is 0. The first-order chi connectivity index (χ1) is 13.1. The van der Waals surface area contributed by atoms with Crippen LogP contribution in [-0.4, -0.2) is 58.5 Å². The number of nitrogens with zero attached hydrogens (tertiary/aromatic N) is 4. The van der Waals surface area contributed by atoms with Crippen molar-refractivity contribution in [1.82, 2.24) is 19.8 Å². The van der Waals surface area contributed by atoms with E-state index in [9.17, 15) is 4.79 Å². The number of carbonyl (C=O) groups excluding carboxylic acids is 1. The maximum absolute atomic E-state index is 12.4. The number of aromatic nitrogens is 2. The van der Waals surface area contributed by atoms with Crippen molar-refractivity contribution in [3.63, 3.8) is 0 Å². The third kappa shape index (κ3) is 5.65. The summed E-state index contributed by atoms with van der Waals surface area (Å²) in [5.74, 6) is 2.23. The molecule has 0 aliphatic carbocycles. The van der Waals surface area contributed by atoms with Crippen LogP contribution < -0.4 is 10.5 Å². The highest BCUT2D eigenvalue weighted by atomic mass is 16.5. The molecule has 3 rings (SSSR count). The molecule has 1 aliphatic heterocycles. The fraction of sp³-hybridized carbons (Fsp3) is 0.450. The molecule has 0 spiro atoms. The van der Waals surface area contributed by atoms with Crippen molar-refractivity contribution in [2.45, 2.75) is 31.8 Å². The van der Waals surface area contributed by atoms with E-state index >= 15 is 0 Å². The second kappa shape index (κ2) is 9.32. The topological polar surface area (TPSA) is 84.6 Å². The van der Waals surface area contributed by atoms with Crippen LogP contribution >= 0.6 is 0 Å². The SMILES string of the molecule is CN(Cc1nccc(N)n1)[C@@H]1CCN(C(=O)CCCOc2ccccc2)C1. The van der Waals surface area contributed by atoms with Gasteiger partial charge in [-0.25, -0.2) is 9.97 Å². The number of benzene rings is 1. The minimum absolute atomic E-state index is 0.197. The van der Waals surface area contributed by atoms with Gasteiger partial charge in [0, 0.05) is 31.7 Å². The number of nitrogens with two attached hydrogens (primary N) is 1. The van der Waals surface area contributed by atoms with Crippen molar-refractivity contribution in [3.8, 4) is 5.75 Å². The van der Waals surface area contributed by atoms with Crippen molar-refractivity contribution in [2.24, 2.45) is 0 Å². The van der Waals surface area contributed by atoms with Crippen LogP contribution in [0.15, 0.2) is 42.6 Å². The molecule has 0 unspecified atom stereocenters. The van der Waals surface area contributed by atoms with Gasteiger partial charge in [-0.2, -0.15) is 0 Å². The summed E-state index contributed by atoms with van der Waals surface area (Å²) in [6.07, 6.45) is 3.88. The number of likely N-dealkylation sites (tertiary alicyclic amines) is 1. The van der Waals surface area contributed by atoms with Gasteiger partial charge in [0.15, 0.2) is 0 Å². The summed E-state index contributed by atoms with van der Waals surface area (Å²) in [4.78, 5) is 25.1. The molecule has 0 saturated carbocycles. The highest BCUT2D eigenvalue weighted by Gasteiger charge is 2.28. The van der Waals surface area contributed by atoms with Gasteiger partial charge in [-0.3, -0.25) is 9.69 Å². The Hall–Kier alpha value is -2.67. The van der Waals surface area contributed by atoms with Gasteiger partial charge in [0.05, 0.1) is 13.2 Å². The number of ether oxygens (including phenoxy) is 1. The first-order valence-corrected chi connectivity index (χ1v) is 9.35. The van der Waals surface area contributed by atoms with Gasteiger partial charge in [0.25, 0.3) is 0 Å². The van der Waals surface area contributed by atoms with E-state index in [0.29, 0.717) is 37.3 Å². The second-order valence-electron chi connectivity index (χ2n) is 6.86. The molecule has 1 saturated heterocycles. The predicted molar refractivity (Wildman–Crippen MR) is 104 cm³/mol. The molecule has 7 nitrogen and oxygen atoms in total. The van der Waals surface area contributed by atoms with Crippen LogP contribution in [0.5, 0.6) is 5.75 Å². The van der Waals surface area contributed by atoms with Gasteiger partial charge < -0.3 is 15.4 Å². The average Bonchev–Trinajstić information content (AvgIpc) is 3.16. The number of anilines is 1. The summed E-state index contributed by atoms with van der Waals surface area (Å²) in [5.41, 5.74) is 5.71. The van der Waals surface area contributed by atoms with Crippen molar-refractivity contribution < 1.29 is 9.53 Å². The van der Waals surface area contributed by atoms with E-state index in [1.54, 1.807) is 12.3 Å². The average molecular weight is 369 g/mol. The van der Waals surface area contributed by atoms with Crippen molar-refractivity contribution in [3.05, 3.63) is 48.4 Å². The van der Waals surface area contributed by atoms with Gasteiger partial charge in [-0.05, 0) is 38.1 Å². The van der Waals surface area contributed by atoms with Gasteiger partial charge >= 0.3 is 0 Å². The molecule has 1 amide bonds. The van der Waals surface area contributed by atoms with E-state index in [1.165, 1.54) is 0 Å². The Kier molecular flexibility index (Phi) is 6.59. The molecule has 2 heterocycles. The number of likely N-dealkylation sites (N-methyl/N-ethyl adjacent to an activating group) is 1. The number of hydrogen-bond acceptors (Lipinski definition) is 6. The summed E-state index contributed by atoms with van der Waals surface area (Å²) in [6.45, 7) is 2.73. The number of para-hydroxylation sites is 1. The molecule has 7 heteroatoms. The quantitative estimate of drug-likeness (QED) is 0.716. The molecular weight excluding hydrogens is 342 g/mol. The summed E-state index contributed by atoms with van der Waals surface area (Å²) in [5, 5.41) is 0. The number of carbonyl (C=O) groups is 1. The lowest BCUT2D eigenvalue weighted by molar-refractivity contribution is -0.130. The van der Waals surface area contributed by atoms with Crippen LogP contribution in [0, 0.1) is 0 Å². The Balaban J connectivity index is 1.38. The van der Waals surface area contributed by atoms with Gasteiger partial charge in [0.2, 0.25) is 5.91 Å². The molecule has 1 aromatic heterocycles. The molecule has 144 valence electrons. The van der Waals surface area contributed by atoms with Gasteiger partial charge in [0.1, 0.15) is 17.4 Å². The summed E-state index contributed by atoms with van der Waals surface area (Å²) in [6, 6.07) is 11.7. The Morgan fingerprint density at radius 2 is 2.15 bits per heavy atom. The molecule has 1 aliphatic rings. The van der Waals surface area contributed by atoms with E-state index in [-0.39, 0.29) is 5.91 Å². The number of nitrogen functional groups attached to an aromatic ring is 1. The van der Waals surface area contributed by atoms with Gasteiger partial charge in [-0.15, -0.1) is 0 Å². The second-order valence-corrected chi connectivity index (χ2v) is 6.86. The molecule has 0 radical (unpaired) electrons. The molecule has 1 aromatic carbocycles. The third-order valence-corrected chi connectivity index (χ3v) is 4.80. The Bertz CT molecular complexity index is 740. The molecule has 1 fully saturated rings. The van der Waals surface area contributed by atoms with E-state index in [4.69, 9.17) is 10.5 Å². The molecule has 2 aromatic rings. The van der Waals surface area contributed by atoms with Crippen LogP contribution in [-0.2, 0) is 11.3 Å². The van der Waals surface area contributed by atoms with E-state index in [0.717, 1.165) is 31.7 Å². The van der Waals surface area contributed by atoms with Crippen LogP contribution in [0.2, 0.25) is 0 Å². The lowest BCUT2D eigenvalue weighted by Gasteiger charge is -2.24. The molecule has 2 N–H and O–H groups in total. The first kappa shape index (κ1) is 19.1. The van der Waals surface area contributed by atoms with Gasteiger partial charge in [-0.1, -0.05) is 18.2 Å². The molecule has 27 heavy (non-hydrogen) atoms. The standard InChI is InChI=1S/C20H27N5O2/c1-24(15-19-22-11-9-18(21)23-19)16-10-12-25(14-16)20(26)8-5-13-27-17-6-3-2-4-7-17/h2-4,6-7,9,11,16H,5,8,10,12-15H2,1H3,(H2,21,22,23)/t16-/m1/s1. The fourth-order valence-electron chi connectivity index (χ4n) is 3.26. The normalized spacial score (nSPS) is 16.7. The van der Waals surface area contributed by atoms with Crippen LogP contribution in [0.25, 0.3) is 0 Å². The molecule has 0 bridgehead atoms. The minimum atomic E-state index is 0.197. The Morgan fingerprint density at radius 3 is 2.93 bits per heavy atom. The lowest BCUT2D eigenvalue weighted by Crippen LogP contribution is -2.36. The number of rotatable bonds is 8. The summed E-state index contributed by atoms with van der Waals surface area (Å²) < 4.78 is 5.65. The smallest absolute Gasteiger partial charge is 0.222 e. The lowest BCUT2D eigenvalue weighted by atomic mass is 10.2. The van der Waals surface area contributed by atoms with Crippen molar-refractivity contribution in [2.75, 3.05) is 32.5 Å². The summed E-state index contributed by atoms with van der Waals surface area (Å²) in [7, 11) is 2.04. The first-order valence-electron chi connectivity index (χ1n) is 9.35. The van der Waals surface area contributed by atoms with E-state index in [1.807, 2.05) is 42.3 Å². The zero-order valence-corrected chi connectivity index (χ0v) is 15.8. The highest BCUT2D eigenvalue weighted by Crippen LogP contribution is 2.17. The predicted octanol–water partition coefficient (Wildman–Crippen LogP) is 1.95. The largest absolute Gasteiger partial charge is 0.494 e.